The summed E-state index contributed by atoms with van der Waals surface area (Å²) < 4.78 is 20.4. The van der Waals surface area contributed by atoms with E-state index < -0.39 is 11.0 Å². The van der Waals surface area contributed by atoms with Crippen LogP contribution in [0.1, 0.15) is 12.8 Å². The molecule has 0 radical (unpaired) electrons. The molecule has 0 aliphatic heterocycles. The molecule has 3 aromatic rings. The van der Waals surface area contributed by atoms with E-state index in [1.54, 1.807) is 3.97 Å². The quantitative estimate of drug-likeness (QED) is 0.713. The Morgan fingerprint density at radius 2 is 1.91 bits per heavy atom. The molecule has 0 bridgehead atoms. The zero-order chi connectivity index (χ0) is 14.9. The SMILES string of the molecule is O=S(c1ccccc1)n1ccc2ccc(OCC3CC3)cc21. The van der Waals surface area contributed by atoms with Crippen molar-refractivity contribution in [2.75, 3.05) is 6.61 Å². The molecule has 4 heteroatoms. The molecule has 0 amide bonds. The van der Waals surface area contributed by atoms with Gasteiger partial charge in [0.15, 0.2) is 11.0 Å². The van der Waals surface area contributed by atoms with Gasteiger partial charge in [0.2, 0.25) is 0 Å². The van der Waals surface area contributed by atoms with Crippen molar-refractivity contribution in [3.63, 3.8) is 0 Å². The summed E-state index contributed by atoms with van der Waals surface area (Å²) >= 11 is 0. The van der Waals surface area contributed by atoms with Crippen LogP contribution in [0, 0.1) is 5.92 Å². The second kappa shape index (κ2) is 5.61. The number of rotatable bonds is 5. The Morgan fingerprint density at radius 3 is 2.68 bits per heavy atom. The summed E-state index contributed by atoms with van der Waals surface area (Å²) in [6, 6.07) is 17.5. The number of hydrogen-bond donors (Lipinski definition) is 0. The van der Waals surface area contributed by atoms with E-state index in [-0.39, 0.29) is 0 Å². The van der Waals surface area contributed by atoms with Crippen molar-refractivity contribution in [3.8, 4) is 5.75 Å². The summed E-state index contributed by atoms with van der Waals surface area (Å²) in [4.78, 5) is 0.796. The Balaban J connectivity index is 1.67. The molecular formula is C18H17NO2S. The van der Waals surface area contributed by atoms with E-state index in [2.05, 4.69) is 0 Å². The van der Waals surface area contributed by atoms with Gasteiger partial charge in [0, 0.05) is 17.6 Å². The Morgan fingerprint density at radius 1 is 1.09 bits per heavy atom. The third-order valence-electron chi connectivity index (χ3n) is 3.93. The van der Waals surface area contributed by atoms with Gasteiger partial charge >= 0.3 is 0 Å². The molecule has 2 aromatic carbocycles. The van der Waals surface area contributed by atoms with Gasteiger partial charge < -0.3 is 4.74 Å². The van der Waals surface area contributed by atoms with E-state index in [1.807, 2.05) is 60.8 Å². The first kappa shape index (κ1) is 13.6. The van der Waals surface area contributed by atoms with Crippen LogP contribution in [-0.4, -0.2) is 14.8 Å². The molecule has 1 fully saturated rings. The molecule has 0 N–H and O–H groups in total. The third kappa shape index (κ3) is 2.66. The number of fused-ring (bicyclic) bond motifs is 1. The normalized spacial score (nSPS) is 15.8. The van der Waals surface area contributed by atoms with Gasteiger partial charge in [-0.25, -0.2) is 4.21 Å². The van der Waals surface area contributed by atoms with Crippen LogP contribution in [0.2, 0.25) is 0 Å². The van der Waals surface area contributed by atoms with Crippen LogP contribution in [0.15, 0.2) is 65.7 Å². The van der Waals surface area contributed by atoms with Crippen molar-refractivity contribution in [1.82, 2.24) is 3.97 Å². The molecule has 4 rings (SSSR count). The second-order valence-corrected chi connectivity index (χ2v) is 7.04. The minimum absolute atomic E-state index is 0.723. The number of ether oxygens (including phenoxy) is 1. The monoisotopic (exact) mass is 311 g/mol. The minimum atomic E-state index is -1.24. The number of benzene rings is 2. The summed E-state index contributed by atoms with van der Waals surface area (Å²) in [5.41, 5.74) is 0.940. The van der Waals surface area contributed by atoms with Gasteiger partial charge in [-0.1, -0.05) is 18.2 Å². The van der Waals surface area contributed by atoms with Gasteiger partial charge in [-0.2, -0.15) is 0 Å². The van der Waals surface area contributed by atoms with E-state index in [4.69, 9.17) is 4.74 Å². The highest BCUT2D eigenvalue weighted by atomic mass is 32.2. The highest BCUT2D eigenvalue weighted by Crippen LogP contribution is 2.30. The van der Waals surface area contributed by atoms with Crippen LogP contribution in [0.25, 0.3) is 10.9 Å². The van der Waals surface area contributed by atoms with Gasteiger partial charge in [0.05, 0.1) is 17.0 Å². The zero-order valence-electron chi connectivity index (χ0n) is 12.1. The molecule has 3 nitrogen and oxygen atoms in total. The summed E-state index contributed by atoms with van der Waals surface area (Å²) in [6.07, 6.45) is 4.42. The fourth-order valence-electron chi connectivity index (χ4n) is 2.47. The first-order valence-electron chi connectivity index (χ1n) is 7.52. The van der Waals surface area contributed by atoms with Crippen LogP contribution in [0.3, 0.4) is 0 Å². The summed E-state index contributed by atoms with van der Waals surface area (Å²) in [6.45, 7) is 0.786. The summed E-state index contributed by atoms with van der Waals surface area (Å²) in [7, 11) is -1.24. The fourth-order valence-corrected chi connectivity index (χ4v) is 3.59. The van der Waals surface area contributed by atoms with Crippen molar-refractivity contribution in [3.05, 3.63) is 60.8 Å². The molecule has 0 saturated heterocycles. The van der Waals surface area contributed by atoms with Crippen molar-refractivity contribution in [2.24, 2.45) is 5.92 Å². The first-order chi connectivity index (χ1) is 10.8. The highest BCUT2D eigenvalue weighted by molar-refractivity contribution is 7.83. The maximum atomic E-state index is 12.7. The molecule has 1 saturated carbocycles. The lowest BCUT2D eigenvalue weighted by Gasteiger charge is -2.08. The average molecular weight is 311 g/mol. The smallest absolute Gasteiger partial charge is 0.157 e. The first-order valence-corrected chi connectivity index (χ1v) is 8.63. The molecule has 1 aliphatic rings. The summed E-state index contributed by atoms with van der Waals surface area (Å²) in [5, 5.41) is 1.07. The van der Waals surface area contributed by atoms with Crippen LogP contribution >= 0.6 is 0 Å². The van der Waals surface area contributed by atoms with E-state index >= 15 is 0 Å². The van der Waals surface area contributed by atoms with Crippen LogP contribution in [-0.2, 0) is 11.0 Å². The number of aromatic nitrogens is 1. The van der Waals surface area contributed by atoms with Crippen LogP contribution < -0.4 is 4.74 Å². The maximum Gasteiger partial charge on any atom is 0.157 e. The topological polar surface area (TPSA) is 31.2 Å². The molecule has 1 unspecified atom stereocenters. The average Bonchev–Trinajstić information content (AvgIpc) is 3.31. The molecule has 22 heavy (non-hydrogen) atoms. The van der Waals surface area contributed by atoms with Gasteiger partial charge in [0.1, 0.15) is 5.75 Å². The lowest BCUT2D eigenvalue weighted by atomic mass is 10.2. The Hall–Kier alpha value is -2.07. The fraction of sp³-hybridized carbons (Fsp3) is 0.222. The molecule has 0 spiro atoms. The summed E-state index contributed by atoms with van der Waals surface area (Å²) in [5.74, 6) is 1.57. The van der Waals surface area contributed by atoms with Gasteiger partial charge in [-0.15, -0.1) is 0 Å². The van der Waals surface area contributed by atoms with Crippen molar-refractivity contribution >= 4 is 21.9 Å². The predicted octanol–water partition coefficient (Wildman–Crippen LogP) is 4.00. The molecular weight excluding hydrogens is 294 g/mol. The van der Waals surface area contributed by atoms with E-state index in [1.165, 1.54) is 12.8 Å². The molecule has 1 heterocycles. The van der Waals surface area contributed by atoms with Crippen molar-refractivity contribution < 1.29 is 8.95 Å². The molecule has 1 aliphatic carbocycles. The zero-order valence-corrected chi connectivity index (χ0v) is 13.0. The van der Waals surface area contributed by atoms with Gasteiger partial charge in [-0.05, 0) is 49.1 Å². The lowest BCUT2D eigenvalue weighted by Crippen LogP contribution is -2.03. The van der Waals surface area contributed by atoms with Gasteiger partial charge in [0.25, 0.3) is 0 Å². The van der Waals surface area contributed by atoms with Crippen molar-refractivity contribution in [1.29, 1.82) is 0 Å². The van der Waals surface area contributed by atoms with Gasteiger partial charge in [-0.3, -0.25) is 3.97 Å². The second-order valence-electron chi connectivity index (χ2n) is 5.68. The Bertz CT molecular complexity index is 821. The van der Waals surface area contributed by atoms with E-state index in [0.717, 1.165) is 34.1 Å². The third-order valence-corrected chi connectivity index (χ3v) is 5.29. The van der Waals surface area contributed by atoms with Crippen molar-refractivity contribution in [2.45, 2.75) is 17.7 Å². The molecule has 1 aromatic heterocycles. The maximum absolute atomic E-state index is 12.7. The predicted molar refractivity (Wildman–Crippen MR) is 88.4 cm³/mol. The minimum Gasteiger partial charge on any atom is -0.493 e. The van der Waals surface area contributed by atoms with E-state index in [0.29, 0.717) is 0 Å². The Labute approximate surface area is 132 Å². The molecule has 1 atom stereocenters. The largest absolute Gasteiger partial charge is 0.493 e. The Kier molecular flexibility index (Phi) is 3.47. The lowest BCUT2D eigenvalue weighted by molar-refractivity contribution is 0.300. The van der Waals surface area contributed by atoms with E-state index in [9.17, 15) is 4.21 Å². The molecule has 112 valence electrons. The highest BCUT2D eigenvalue weighted by Gasteiger charge is 2.22. The number of nitrogens with zero attached hydrogens (tertiary/aromatic N) is 1. The number of hydrogen-bond acceptors (Lipinski definition) is 2. The van der Waals surface area contributed by atoms with Crippen LogP contribution in [0.4, 0.5) is 0 Å². The standard InChI is InChI=1S/C18H17NO2S/c20-22(17-4-2-1-3-5-17)19-11-10-15-8-9-16(12-18(15)19)21-13-14-6-7-14/h1-5,8-12,14H,6-7,13H2. The van der Waals surface area contributed by atoms with Crippen LogP contribution in [0.5, 0.6) is 5.75 Å².